The molecule has 2 aliphatic rings. The highest BCUT2D eigenvalue weighted by Crippen LogP contribution is 2.27. The molecule has 0 spiro atoms. The van der Waals surface area contributed by atoms with E-state index in [9.17, 15) is 14.4 Å². The van der Waals surface area contributed by atoms with E-state index >= 15 is 0 Å². The summed E-state index contributed by atoms with van der Waals surface area (Å²) >= 11 is 0. The number of para-hydroxylation sites is 1. The van der Waals surface area contributed by atoms with Crippen LogP contribution in [0.4, 0.5) is 5.69 Å². The number of hydrogen-bond donors (Lipinski definition) is 1. The third kappa shape index (κ3) is 4.71. The third-order valence-corrected chi connectivity index (χ3v) is 6.70. The molecule has 2 aromatic carbocycles. The summed E-state index contributed by atoms with van der Waals surface area (Å²) in [4.78, 5) is 45.7. The number of aromatic amines is 1. The summed E-state index contributed by atoms with van der Waals surface area (Å²) in [7, 11) is 0. The van der Waals surface area contributed by atoms with Gasteiger partial charge in [-0.05, 0) is 36.2 Å². The van der Waals surface area contributed by atoms with Crippen LogP contribution in [-0.4, -0.2) is 72.3 Å². The van der Waals surface area contributed by atoms with Crippen molar-refractivity contribution in [3.8, 4) is 0 Å². The summed E-state index contributed by atoms with van der Waals surface area (Å²) < 4.78 is 5.04. The number of nitrogens with one attached hydrogen (secondary N) is 1. The van der Waals surface area contributed by atoms with Gasteiger partial charge < -0.3 is 14.2 Å². The van der Waals surface area contributed by atoms with Crippen LogP contribution in [0.15, 0.2) is 51.7 Å². The summed E-state index contributed by atoms with van der Waals surface area (Å²) in [5, 5.41) is 0. The quantitative estimate of drug-likeness (QED) is 0.558. The zero-order valence-corrected chi connectivity index (χ0v) is 18.6. The van der Waals surface area contributed by atoms with Crippen LogP contribution in [0.5, 0.6) is 0 Å². The molecule has 172 valence electrons. The molecular formula is C25H28N4O4. The Bertz CT molecular complexity index is 1220. The van der Waals surface area contributed by atoms with Gasteiger partial charge in [-0.25, -0.2) is 4.79 Å². The van der Waals surface area contributed by atoms with Crippen LogP contribution in [0.2, 0.25) is 0 Å². The van der Waals surface area contributed by atoms with E-state index in [0.29, 0.717) is 49.1 Å². The van der Waals surface area contributed by atoms with Crippen molar-refractivity contribution in [2.24, 2.45) is 0 Å². The predicted molar refractivity (Wildman–Crippen MR) is 126 cm³/mol. The number of amides is 1. The molecule has 2 aliphatic heterocycles. The second-order valence-electron chi connectivity index (χ2n) is 8.74. The molecule has 1 fully saturated rings. The first-order valence-electron chi connectivity index (χ1n) is 11.6. The van der Waals surface area contributed by atoms with Crippen LogP contribution >= 0.6 is 0 Å². The van der Waals surface area contributed by atoms with E-state index in [4.69, 9.17) is 4.42 Å². The highest BCUT2D eigenvalue weighted by atomic mass is 16.4. The van der Waals surface area contributed by atoms with E-state index in [-0.39, 0.29) is 11.7 Å². The average molecular weight is 449 g/mol. The van der Waals surface area contributed by atoms with Gasteiger partial charge in [-0.3, -0.25) is 19.5 Å². The molecule has 5 rings (SSSR count). The number of H-pyrrole nitrogens is 1. The van der Waals surface area contributed by atoms with Gasteiger partial charge in [0.15, 0.2) is 11.4 Å². The normalized spacial score (nSPS) is 16.4. The van der Waals surface area contributed by atoms with Gasteiger partial charge in [0.25, 0.3) is 0 Å². The van der Waals surface area contributed by atoms with Gasteiger partial charge in [0.1, 0.15) is 0 Å². The Morgan fingerprint density at radius 1 is 0.939 bits per heavy atom. The molecule has 1 aromatic heterocycles. The number of anilines is 1. The zero-order chi connectivity index (χ0) is 22.8. The molecule has 0 radical (unpaired) electrons. The van der Waals surface area contributed by atoms with Gasteiger partial charge >= 0.3 is 5.76 Å². The van der Waals surface area contributed by atoms with Crippen LogP contribution in [0, 0.1) is 0 Å². The van der Waals surface area contributed by atoms with Gasteiger partial charge in [0, 0.05) is 69.9 Å². The highest BCUT2D eigenvalue weighted by Gasteiger charge is 2.24. The Morgan fingerprint density at radius 3 is 2.61 bits per heavy atom. The minimum Gasteiger partial charge on any atom is -0.408 e. The Kier molecular flexibility index (Phi) is 6.00. The lowest BCUT2D eigenvalue weighted by Crippen LogP contribution is -2.49. The number of aromatic nitrogens is 1. The minimum atomic E-state index is -0.521. The van der Waals surface area contributed by atoms with Crippen LogP contribution in [0.3, 0.4) is 0 Å². The number of carbonyl (C=O) groups excluding carboxylic acids is 2. The maximum atomic E-state index is 12.7. The van der Waals surface area contributed by atoms with Crippen LogP contribution in [0.25, 0.3) is 11.1 Å². The molecule has 0 unspecified atom stereocenters. The number of hydrogen-bond acceptors (Lipinski definition) is 6. The van der Waals surface area contributed by atoms with E-state index in [0.717, 1.165) is 32.6 Å². The van der Waals surface area contributed by atoms with Crippen LogP contribution < -0.4 is 10.7 Å². The summed E-state index contributed by atoms with van der Waals surface area (Å²) in [5.41, 5.74) is 4.16. The van der Waals surface area contributed by atoms with Gasteiger partial charge in [0.2, 0.25) is 5.91 Å². The topological polar surface area (TPSA) is 89.9 Å². The fourth-order valence-electron chi connectivity index (χ4n) is 4.77. The summed E-state index contributed by atoms with van der Waals surface area (Å²) in [6, 6.07) is 13.4. The van der Waals surface area contributed by atoms with E-state index in [1.807, 2.05) is 4.90 Å². The molecule has 0 aliphatic carbocycles. The Balaban J connectivity index is 1.06. The first-order chi connectivity index (χ1) is 16.1. The van der Waals surface area contributed by atoms with Crippen molar-refractivity contribution in [3.05, 3.63) is 64.1 Å². The lowest BCUT2D eigenvalue weighted by Gasteiger charge is -2.35. The summed E-state index contributed by atoms with van der Waals surface area (Å²) in [6.45, 7) is 5.34. The van der Waals surface area contributed by atoms with Crippen molar-refractivity contribution in [3.63, 3.8) is 0 Å². The molecule has 8 heteroatoms. The molecule has 0 saturated carbocycles. The van der Waals surface area contributed by atoms with Crippen molar-refractivity contribution in [1.82, 2.24) is 14.8 Å². The number of Topliss-reactive ketones (excluding diaryl/α,β-unsaturated/α-hetero) is 1. The summed E-state index contributed by atoms with van der Waals surface area (Å²) in [5.74, 6) is -0.297. The standard InChI is InChI=1S/C25H28N4O4/c30-22(19-5-6-20-23(17-19)33-25(32)26-20)8-10-27-13-15-29(16-14-27)24(31)9-12-28-11-7-18-3-1-2-4-21(18)28/h1-6,17H,7-16H2,(H,26,32). The number of rotatable bonds is 7. The second-order valence-corrected chi connectivity index (χ2v) is 8.74. The molecule has 3 heterocycles. The van der Waals surface area contributed by atoms with E-state index in [2.05, 4.69) is 39.0 Å². The van der Waals surface area contributed by atoms with Crippen LogP contribution in [0.1, 0.15) is 28.8 Å². The van der Waals surface area contributed by atoms with Crippen molar-refractivity contribution in [1.29, 1.82) is 0 Å². The third-order valence-electron chi connectivity index (χ3n) is 6.70. The number of carbonyl (C=O) groups is 2. The molecule has 0 atom stereocenters. The van der Waals surface area contributed by atoms with Gasteiger partial charge in [0.05, 0.1) is 5.52 Å². The van der Waals surface area contributed by atoms with Crippen molar-refractivity contribution in [2.45, 2.75) is 19.3 Å². The smallest absolute Gasteiger partial charge is 0.408 e. The zero-order valence-electron chi connectivity index (χ0n) is 18.6. The first-order valence-corrected chi connectivity index (χ1v) is 11.6. The SMILES string of the molecule is O=C(CCN1CCN(C(=O)CCN2CCc3ccccc32)CC1)c1ccc2[nH]c(=O)oc2c1. The molecule has 1 saturated heterocycles. The van der Waals surface area contributed by atoms with Crippen molar-refractivity contribution >= 4 is 28.5 Å². The van der Waals surface area contributed by atoms with Gasteiger partial charge in [-0.1, -0.05) is 18.2 Å². The fourth-order valence-corrected chi connectivity index (χ4v) is 4.77. The van der Waals surface area contributed by atoms with Crippen molar-refractivity contribution in [2.75, 3.05) is 50.7 Å². The van der Waals surface area contributed by atoms with E-state index in [1.54, 1.807) is 18.2 Å². The number of fused-ring (bicyclic) bond motifs is 2. The van der Waals surface area contributed by atoms with Crippen LogP contribution in [-0.2, 0) is 11.2 Å². The molecular weight excluding hydrogens is 420 g/mol. The van der Waals surface area contributed by atoms with Crippen molar-refractivity contribution < 1.29 is 14.0 Å². The summed E-state index contributed by atoms with van der Waals surface area (Å²) in [6.07, 6.45) is 1.97. The van der Waals surface area contributed by atoms with E-state index < -0.39 is 5.76 Å². The maximum absolute atomic E-state index is 12.7. The number of nitrogens with zero attached hydrogens (tertiary/aromatic N) is 3. The highest BCUT2D eigenvalue weighted by molar-refractivity contribution is 5.98. The number of benzene rings is 2. The lowest BCUT2D eigenvalue weighted by atomic mass is 10.1. The first kappa shape index (κ1) is 21.5. The Labute approximate surface area is 191 Å². The molecule has 1 N–H and O–H groups in total. The predicted octanol–water partition coefficient (Wildman–Crippen LogP) is 2.29. The molecule has 0 bridgehead atoms. The Morgan fingerprint density at radius 2 is 1.76 bits per heavy atom. The average Bonchev–Trinajstić information content (AvgIpc) is 3.43. The van der Waals surface area contributed by atoms with Gasteiger partial charge in [-0.15, -0.1) is 0 Å². The number of oxazole rings is 1. The Hall–Kier alpha value is -3.39. The van der Waals surface area contributed by atoms with E-state index in [1.165, 1.54) is 11.3 Å². The monoisotopic (exact) mass is 448 g/mol. The number of piperazine rings is 1. The maximum Gasteiger partial charge on any atom is 0.417 e. The second kappa shape index (κ2) is 9.23. The molecule has 8 nitrogen and oxygen atoms in total. The molecule has 1 amide bonds. The lowest BCUT2D eigenvalue weighted by molar-refractivity contribution is -0.132. The molecule has 3 aromatic rings. The van der Waals surface area contributed by atoms with Gasteiger partial charge in [-0.2, -0.15) is 0 Å². The minimum absolute atomic E-state index is 0.0187. The number of ketones is 1. The fraction of sp³-hybridized carbons (Fsp3) is 0.400. The largest absolute Gasteiger partial charge is 0.417 e. The molecule has 33 heavy (non-hydrogen) atoms.